The predicted octanol–water partition coefficient (Wildman–Crippen LogP) is 1.93. The second kappa shape index (κ2) is 5.47. The van der Waals surface area contributed by atoms with Crippen LogP contribution >= 0.6 is 0 Å². The van der Waals surface area contributed by atoms with Gasteiger partial charge in [-0.3, -0.25) is 4.90 Å². The molecule has 2 N–H and O–H groups in total. The van der Waals surface area contributed by atoms with Crippen LogP contribution in [0, 0.1) is 0 Å². The van der Waals surface area contributed by atoms with Crippen molar-refractivity contribution in [2.24, 2.45) is 5.73 Å². The second-order valence-corrected chi connectivity index (χ2v) is 5.85. The second-order valence-electron chi connectivity index (χ2n) is 5.85. The van der Waals surface area contributed by atoms with Crippen molar-refractivity contribution >= 4 is 0 Å². The molecule has 2 fully saturated rings. The molecule has 0 spiro atoms. The number of methoxy groups -OCH3 is 1. The molecular formula is C15H23N3O. The highest BCUT2D eigenvalue weighted by molar-refractivity contribution is 5.18. The monoisotopic (exact) mass is 261 g/mol. The number of nitrogens with two attached hydrogens (primary N) is 1. The molecule has 2 unspecified atom stereocenters. The molecule has 0 radical (unpaired) electrons. The lowest BCUT2D eigenvalue weighted by atomic mass is 9.82. The van der Waals surface area contributed by atoms with Gasteiger partial charge in [0.25, 0.3) is 0 Å². The van der Waals surface area contributed by atoms with Crippen molar-refractivity contribution in [2.75, 3.05) is 7.11 Å². The number of aromatic nitrogens is 1. The Bertz CT molecular complexity index is 406. The van der Waals surface area contributed by atoms with E-state index in [1.165, 1.54) is 24.8 Å². The minimum Gasteiger partial charge on any atom is -0.481 e. The third-order valence-corrected chi connectivity index (χ3v) is 4.53. The van der Waals surface area contributed by atoms with Crippen LogP contribution in [0.15, 0.2) is 18.3 Å². The van der Waals surface area contributed by atoms with E-state index in [1.807, 2.05) is 12.3 Å². The first-order valence-corrected chi connectivity index (χ1v) is 7.26. The Labute approximate surface area is 115 Å². The molecule has 2 aliphatic heterocycles. The van der Waals surface area contributed by atoms with Crippen LogP contribution in [0.3, 0.4) is 0 Å². The zero-order chi connectivity index (χ0) is 13.2. The summed E-state index contributed by atoms with van der Waals surface area (Å²) in [6, 6.07) is 5.81. The maximum Gasteiger partial charge on any atom is 0.212 e. The van der Waals surface area contributed by atoms with Gasteiger partial charge in [-0.2, -0.15) is 0 Å². The molecule has 19 heavy (non-hydrogen) atoms. The Morgan fingerprint density at radius 2 is 2.05 bits per heavy atom. The predicted molar refractivity (Wildman–Crippen MR) is 75.0 cm³/mol. The summed E-state index contributed by atoms with van der Waals surface area (Å²) in [4.78, 5) is 6.95. The van der Waals surface area contributed by atoms with Gasteiger partial charge in [0.2, 0.25) is 5.88 Å². The first kappa shape index (κ1) is 12.9. The van der Waals surface area contributed by atoms with Gasteiger partial charge >= 0.3 is 0 Å². The van der Waals surface area contributed by atoms with Gasteiger partial charge in [-0.15, -0.1) is 0 Å². The van der Waals surface area contributed by atoms with Crippen molar-refractivity contribution in [2.45, 2.75) is 56.8 Å². The summed E-state index contributed by atoms with van der Waals surface area (Å²) >= 11 is 0. The standard InChI is InChI=1S/C15H23N3O/c1-19-15-6-5-11(9-17-15)10-18-13-3-2-4-14(18)8-12(16)7-13/h5-6,9,12-14H,2-4,7-8,10,16H2,1H3. The zero-order valence-electron chi connectivity index (χ0n) is 11.6. The van der Waals surface area contributed by atoms with E-state index in [4.69, 9.17) is 10.5 Å². The third kappa shape index (κ3) is 2.74. The minimum atomic E-state index is 0.403. The maximum absolute atomic E-state index is 6.16. The van der Waals surface area contributed by atoms with Gasteiger partial charge in [-0.05, 0) is 31.2 Å². The van der Waals surface area contributed by atoms with Gasteiger partial charge < -0.3 is 10.5 Å². The fraction of sp³-hybridized carbons (Fsp3) is 0.667. The molecule has 2 aliphatic rings. The number of pyridine rings is 1. The number of fused-ring (bicyclic) bond motifs is 2. The van der Waals surface area contributed by atoms with Gasteiger partial charge in [-0.25, -0.2) is 4.98 Å². The average molecular weight is 261 g/mol. The fourth-order valence-electron chi connectivity index (χ4n) is 3.61. The van der Waals surface area contributed by atoms with Crippen LogP contribution in [0.1, 0.15) is 37.7 Å². The van der Waals surface area contributed by atoms with Crippen molar-refractivity contribution in [1.82, 2.24) is 9.88 Å². The van der Waals surface area contributed by atoms with Crippen LogP contribution in [0.4, 0.5) is 0 Å². The molecule has 0 amide bonds. The summed E-state index contributed by atoms with van der Waals surface area (Å²) in [7, 11) is 1.65. The molecule has 3 rings (SSSR count). The summed E-state index contributed by atoms with van der Waals surface area (Å²) in [6.45, 7) is 0.999. The van der Waals surface area contributed by atoms with E-state index in [0.29, 0.717) is 24.0 Å². The topological polar surface area (TPSA) is 51.4 Å². The first-order valence-electron chi connectivity index (χ1n) is 7.26. The summed E-state index contributed by atoms with van der Waals surface area (Å²) < 4.78 is 5.11. The van der Waals surface area contributed by atoms with E-state index >= 15 is 0 Å². The van der Waals surface area contributed by atoms with E-state index in [1.54, 1.807) is 7.11 Å². The van der Waals surface area contributed by atoms with E-state index in [-0.39, 0.29) is 0 Å². The Kier molecular flexibility index (Phi) is 3.71. The molecular weight excluding hydrogens is 238 g/mol. The van der Waals surface area contributed by atoms with Crippen LogP contribution in [0.2, 0.25) is 0 Å². The molecule has 0 saturated carbocycles. The van der Waals surface area contributed by atoms with Crippen molar-refractivity contribution in [1.29, 1.82) is 0 Å². The van der Waals surface area contributed by atoms with Crippen LogP contribution in [-0.2, 0) is 6.54 Å². The zero-order valence-corrected chi connectivity index (χ0v) is 11.6. The Hall–Kier alpha value is -1.13. The molecule has 0 aliphatic carbocycles. The minimum absolute atomic E-state index is 0.403. The lowest BCUT2D eigenvalue weighted by Crippen LogP contribution is -2.54. The van der Waals surface area contributed by atoms with E-state index in [9.17, 15) is 0 Å². The van der Waals surface area contributed by atoms with Crippen molar-refractivity contribution in [3.05, 3.63) is 23.9 Å². The summed E-state index contributed by atoms with van der Waals surface area (Å²) in [5.41, 5.74) is 7.43. The number of nitrogens with zero attached hydrogens (tertiary/aromatic N) is 2. The van der Waals surface area contributed by atoms with Gasteiger partial charge in [0.15, 0.2) is 0 Å². The number of rotatable bonds is 3. The highest BCUT2D eigenvalue weighted by Crippen LogP contribution is 2.34. The molecule has 2 atom stereocenters. The molecule has 104 valence electrons. The Morgan fingerprint density at radius 3 is 2.63 bits per heavy atom. The number of hydrogen-bond acceptors (Lipinski definition) is 4. The molecule has 2 bridgehead atoms. The van der Waals surface area contributed by atoms with Gasteiger partial charge in [0.1, 0.15) is 0 Å². The molecule has 1 aromatic heterocycles. The largest absolute Gasteiger partial charge is 0.481 e. The van der Waals surface area contributed by atoms with E-state index in [0.717, 1.165) is 19.4 Å². The van der Waals surface area contributed by atoms with Gasteiger partial charge in [0, 0.05) is 36.9 Å². The molecule has 4 nitrogen and oxygen atoms in total. The molecule has 2 saturated heterocycles. The molecule has 3 heterocycles. The smallest absolute Gasteiger partial charge is 0.212 e. The highest BCUT2D eigenvalue weighted by Gasteiger charge is 2.36. The first-order chi connectivity index (χ1) is 9.26. The summed E-state index contributed by atoms with van der Waals surface area (Å²) in [5.74, 6) is 0.685. The van der Waals surface area contributed by atoms with Crippen LogP contribution < -0.4 is 10.5 Å². The van der Waals surface area contributed by atoms with Crippen molar-refractivity contribution < 1.29 is 4.74 Å². The van der Waals surface area contributed by atoms with Gasteiger partial charge in [-0.1, -0.05) is 12.5 Å². The highest BCUT2D eigenvalue weighted by atomic mass is 16.5. The Morgan fingerprint density at radius 1 is 1.32 bits per heavy atom. The number of piperidine rings is 2. The van der Waals surface area contributed by atoms with Crippen molar-refractivity contribution in [3.8, 4) is 5.88 Å². The molecule has 1 aromatic rings. The SMILES string of the molecule is COc1ccc(CN2C3CCCC2CC(N)C3)cn1. The quantitative estimate of drug-likeness (QED) is 0.903. The number of ether oxygens (including phenoxy) is 1. The molecule has 4 heteroatoms. The number of hydrogen-bond donors (Lipinski definition) is 1. The maximum atomic E-state index is 6.16. The van der Waals surface area contributed by atoms with Crippen LogP contribution in [-0.4, -0.2) is 35.1 Å². The van der Waals surface area contributed by atoms with E-state index in [2.05, 4.69) is 16.0 Å². The summed E-state index contributed by atoms with van der Waals surface area (Å²) in [5, 5.41) is 0. The average Bonchev–Trinajstić information content (AvgIpc) is 2.41. The molecule has 0 aromatic carbocycles. The van der Waals surface area contributed by atoms with Crippen LogP contribution in [0.25, 0.3) is 0 Å². The lowest BCUT2D eigenvalue weighted by Gasteiger charge is -2.48. The van der Waals surface area contributed by atoms with Gasteiger partial charge in [0.05, 0.1) is 7.11 Å². The van der Waals surface area contributed by atoms with E-state index < -0.39 is 0 Å². The lowest BCUT2D eigenvalue weighted by molar-refractivity contribution is 0.0244. The van der Waals surface area contributed by atoms with Crippen LogP contribution in [0.5, 0.6) is 5.88 Å². The third-order valence-electron chi connectivity index (χ3n) is 4.53. The fourth-order valence-corrected chi connectivity index (χ4v) is 3.61. The summed E-state index contributed by atoms with van der Waals surface area (Å²) in [6.07, 6.45) is 8.20. The van der Waals surface area contributed by atoms with Crippen molar-refractivity contribution in [3.63, 3.8) is 0 Å². The Balaban J connectivity index is 1.71. The normalized spacial score (nSPS) is 31.2.